The molecule has 6 heteroatoms. The molecule has 1 unspecified atom stereocenters. The van der Waals surface area contributed by atoms with Gasteiger partial charge in [-0.25, -0.2) is 4.79 Å². The van der Waals surface area contributed by atoms with Crippen molar-refractivity contribution in [3.63, 3.8) is 0 Å². The quantitative estimate of drug-likeness (QED) is 0.778. The Bertz CT molecular complexity index is 521. The number of hydrogen-bond acceptors (Lipinski definition) is 4. The van der Waals surface area contributed by atoms with E-state index in [4.69, 9.17) is 9.47 Å². The summed E-state index contributed by atoms with van der Waals surface area (Å²) in [5, 5.41) is 2.93. The third-order valence-corrected chi connectivity index (χ3v) is 3.95. The van der Waals surface area contributed by atoms with E-state index >= 15 is 0 Å². The van der Waals surface area contributed by atoms with Crippen molar-refractivity contribution in [1.82, 2.24) is 10.2 Å². The van der Waals surface area contributed by atoms with Crippen LogP contribution < -0.4 is 10.1 Å². The van der Waals surface area contributed by atoms with E-state index in [9.17, 15) is 9.59 Å². The second kappa shape index (κ2) is 9.80. The van der Waals surface area contributed by atoms with Gasteiger partial charge >= 0.3 is 6.09 Å². The highest BCUT2D eigenvalue weighted by Crippen LogP contribution is 2.17. The van der Waals surface area contributed by atoms with Crippen LogP contribution in [0.5, 0.6) is 5.75 Å². The van der Waals surface area contributed by atoms with Crippen LogP contribution in [0.15, 0.2) is 30.3 Å². The number of piperidine rings is 1. The first-order valence-corrected chi connectivity index (χ1v) is 8.58. The van der Waals surface area contributed by atoms with E-state index in [0.29, 0.717) is 32.8 Å². The summed E-state index contributed by atoms with van der Waals surface area (Å²) in [7, 11) is 0. The van der Waals surface area contributed by atoms with E-state index in [2.05, 4.69) is 5.32 Å². The van der Waals surface area contributed by atoms with Crippen LogP contribution in [0.4, 0.5) is 4.79 Å². The van der Waals surface area contributed by atoms with E-state index < -0.39 is 0 Å². The van der Waals surface area contributed by atoms with E-state index in [1.807, 2.05) is 30.3 Å². The summed E-state index contributed by atoms with van der Waals surface area (Å²) in [6.07, 6.45) is 2.05. The minimum absolute atomic E-state index is 0.00343. The molecule has 1 aliphatic rings. The molecule has 1 saturated heterocycles. The lowest BCUT2D eigenvalue weighted by atomic mass is 9.97. The molecule has 1 atom stereocenters. The zero-order chi connectivity index (χ0) is 17.2. The second-order valence-corrected chi connectivity index (χ2v) is 5.79. The molecule has 0 saturated carbocycles. The van der Waals surface area contributed by atoms with Gasteiger partial charge in [-0.05, 0) is 38.3 Å². The number of likely N-dealkylation sites (tertiary alicyclic amines) is 1. The van der Waals surface area contributed by atoms with E-state index in [1.165, 1.54) is 0 Å². The maximum Gasteiger partial charge on any atom is 0.409 e. The Kier molecular flexibility index (Phi) is 7.39. The molecule has 1 heterocycles. The normalized spacial score (nSPS) is 17.2. The fourth-order valence-electron chi connectivity index (χ4n) is 2.71. The number of ether oxygens (including phenoxy) is 2. The summed E-state index contributed by atoms with van der Waals surface area (Å²) in [6, 6.07) is 9.61. The summed E-state index contributed by atoms with van der Waals surface area (Å²) in [5.74, 6) is 0.683. The fourth-order valence-corrected chi connectivity index (χ4v) is 2.71. The molecule has 0 aliphatic carbocycles. The molecule has 0 spiro atoms. The van der Waals surface area contributed by atoms with Crippen molar-refractivity contribution < 1.29 is 19.1 Å². The van der Waals surface area contributed by atoms with Gasteiger partial charge in [0.1, 0.15) is 5.75 Å². The van der Waals surface area contributed by atoms with Crippen LogP contribution in [0, 0.1) is 5.92 Å². The second-order valence-electron chi connectivity index (χ2n) is 5.79. The van der Waals surface area contributed by atoms with Gasteiger partial charge in [0, 0.05) is 19.6 Å². The van der Waals surface area contributed by atoms with Gasteiger partial charge in [-0.2, -0.15) is 0 Å². The van der Waals surface area contributed by atoms with Crippen molar-refractivity contribution in [3.8, 4) is 5.75 Å². The Balaban J connectivity index is 1.64. The number of amides is 2. The predicted octanol–water partition coefficient (Wildman–Crippen LogP) is 2.44. The molecule has 1 aromatic carbocycles. The summed E-state index contributed by atoms with van der Waals surface area (Å²) < 4.78 is 10.6. The third kappa shape index (κ3) is 5.76. The highest BCUT2D eigenvalue weighted by atomic mass is 16.6. The summed E-state index contributed by atoms with van der Waals surface area (Å²) >= 11 is 0. The van der Waals surface area contributed by atoms with Gasteiger partial charge in [0.2, 0.25) is 5.91 Å². The molecule has 2 amide bonds. The molecular weight excluding hydrogens is 308 g/mol. The molecule has 24 heavy (non-hydrogen) atoms. The highest BCUT2D eigenvalue weighted by Gasteiger charge is 2.28. The molecule has 6 nitrogen and oxygen atoms in total. The van der Waals surface area contributed by atoms with Crippen molar-refractivity contribution >= 4 is 12.0 Å². The van der Waals surface area contributed by atoms with Gasteiger partial charge in [0.05, 0.1) is 19.1 Å². The first kappa shape index (κ1) is 18.1. The third-order valence-electron chi connectivity index (χ3n) is 3.95. The van der Waals surface area contributed by atoms with Crippen LogP contribution in [0.2, 0.25) is 0 Å². The van der Waals surface area contributed by atoms with Crippen molar-refractivity contribution in [2.24, 2.45) is 5.92 Å². The fraction of sp³-hybridized carbons (Fsp3) is 0.556. The average molecular weight is 334 g/mol. The first-order chi connectivity index (χ1) is 11.7. The number of carbonyl (C=O) groups is 2. The maximum absolute atomic E-state index is 12.2. The van der Waals surface area contributed by atoms with Crippen molar-refractivity contribution in [3.05, 3.63) is 30.3 Å². The number of para-hydroxylation sites is 1. The number of benzene rings is 1. The molecule has 1 aromatic rings. The van der Waals surface area contributed by atoms with Gasteiger partial charge in [-0.3, -0.25) is 4.79 Å². The van der Waals surface area contributed by atoms with E-state index in [0.717, 1.165) is 25.0 Å². The summed E-state index contributed by atoms with van der Waals surface area (Å²) in [6.45, 7) is 4.36. The van der Waals surface area contributed by atoms with Crippen molar-refractivity contribution in [2.45, 2.75) is 26.2 Å². The number of hydrogen-bond donors (Lipinski definition) is 1. The van der Waals surface area contributed by atoms with E-state index in [1.54, 1.807) is 11.8 Å². The monoisotopic (exact) mass is 334 g/mol. The molecule has 2 rings (SSSR count). The van der Waals surface area contributed by atoms with Crippen LogP contribution in [0.1, 0.15) is 26.2 Å². The Morgan fingerprint density at radius 3 is 2.83 bits per heavy atom. The molecule has 1 N–H and O–H groups in total. The zero-order valence-electron chi connectivity index (χ0n) is 14.2. The van der Waals surface area contributed by atoms with Gasteiger partial charge in [0.15, 0.2) is 0 Å². The van der Waals surface area contributed by atoms with Crippen LogP contribution in [-0.4, -0.2) is 49.7 Å². The minimum atomic E-state index is -0.328. The molecule has 1 fully saturated rings. The van der Waals surface area contributed by atoms with E-state index in [-0.39, 0.29) is 17.9 Å². The van der Waals surface area contributed by atoms with Gasteiger partial charge in [-0.15, -0.1) is 0 Å². The Morgan fingerprint density at radius 1 is 1.29 bits per heavy atom. The molecule has 0 bridgehead atoms. The highest BCUT2D eigenvalue weighted by molar-refractivity contribution is 5.79. The number of nitrogens with one attached hydrogen (secondary N) is 1. The van der Waals surface area contributed by atoms with Gasteiger partial charge in [0.25, 0.3) is 0 Å². The van der Waals surface area contributed by atoms with Crippen LogP contribution in [0.3, 0.4) is 0 Å². The zero-order valence-corrected chi connectivity index (χ0v) is 14.2. The topological polar surface area (TPSA) is 67.9 Å². The molecule has 132 valence electrons. The number of carbonyl (C=O) groups excluding carboxylic acids is 2. The van der Waals surface area contributed by atoms with Crippen LogP contribution in [-0.2, 0) is 9.53 Å². The minimum Gasteiger partial charge on any atom is -0.494 e. The molecule has 0 aromatic heterocycles. The Labute approximate surface area is 143 Å². The maximum atomic E-state index is 12.2. The molecule has 0 radical (unpaired) electrons. The van der Waals surface area contributed by atoms with Crippen molar-refractivity contribution in [1.29, 1.82) is 0 Å². The number of rotatable bonds is 7. The average Bonchev–Trinajstić information content (AvgIpc) is 2.62. The lowest BCUT2D eigenvalue weighted by molar-refractivity contribution is -0.126. The number of nitrogens with zero attached hydrogens (tertiary/aromatic N) is 1. The summed E-state index contributed by atoms with van der Waals surface area (Å²) in [5.41, 5.74) is 0. The smallest absolute Gasteiger partial charge is 0.409 e. The predicted molar refractivity (Wildman–Crippen MR) is 90.9 cm³/mol. The van der Waals surface area contributed by atoms with Gasteiger partial charge in [-0.1, -0.05) is 18.2 Å². The lowest BCUT2D eigenvalue weighted by Crippen LogP contribution is -2.45. The van der Waals surface area contributed by atoms with Crippen LogP contribution >= 0.6 is 0 Å². The molecular formula is C18H26N2O4. The van der Waals surface area contributed by atoms with Gasteiger partial charge < -0.3 is 19.7 Å². The Hall–Kier alpha value is -2.24. The largest absolute Gasteiger partial charge is 0.494 e. The van der Waals surface area contributed by atoms with Crippen LogP contribution in [0.25, 0.3) is 0 Å². The summed E-state index contributed by atoms with van der Waals surface area (Å²) in [4.78, 5) is 25.6. The standard InChI is InChI=1S/C18H26N2O4/c1-2-23-18(22)20-12-6-8-15(14-20)17(21)19-11-7-13-24-16-9-4-3-5-10-16/h3-5,9-10,15H,2,6-8,11-14H2,1H3,(H,19,21). The first-order valence-electron chi connectivity index (χ1n) is 8.58. The SMILES string of the molecule is CCOC(=O)N1CCCC(C(=O)NCCCOc2ccccc2)C1. The molecule has 1 aliphatic heterocycles. The van der Waals surface area contributed by atoms with Crippen molar-refractivity contribution in [2.75, 3.05) is 32.8 Å². The Morgan fingerprint density at radius 2 is 2.08 bits per heavy atom. The lowest BCUT2D eigenvalue weighted by Gasteiger charge is -2.31.